The molecular weight excluding hydrogens is 202 g/mol. The van der Waals surface area contributed by atoms with E-state index in [1.807, 2.05) is 0 Å². The molecule has 4 nitrogen and oxygen atoms in total. The van der Waals surface area contributed by atoms with Crippen molar-refractivity contribution in [3.63, 3.8) is 0 Å². The third kappa shape index (κ3) is 1.72. The number of nitrogens with one attached hydrogen (secondary N) is 1. The number of halogens is 1. The summed E-state index contributed by atoms with van der Waals surface area (Å²) in [5.74, 6) is 0. The van der Waals surface area contributed by atoms with Crippen LogP contribution in [0.25, 0.3) is 0 Å². The van der Waals surface area contributed by atoms with Gasteiger partial charge in [-0.1, -0.05) is 11.6 Å². The van der Waals surface area contributed by atoms with Crippen LogP contribution in [0, 0.1) is 0 Å². The fourth-order valence-electron chi connectivity index (χ4n) is 1.83. The predicted octanol–water partition coefficient (Wildman–Crippen LogP) is 1.40. The van der Waals surface area contributed by atoms with Crippen LogP contribution in [0.3, 0.4) is 0 Å². The van der Waals surface area contributed by atoms with E-state index in [0.717, 1.165) is 24.9 Å². The molecule has 2 unspecified atom stereocenters. The van der Waals surface area contributed by atoms with Gasteiger partial charge < -0.3 is 10.4 Å². The molecule has 0 aromatic carbocycles. The van der Waals surface area contributed by atoms with Crippen LogP contribution < -0.4 is 5.32 Å². The molecule has 2 rings (SSSR count). The number of nitrogens with zero attached hydrogens (tertiary/aromatic N) is 2. The Kier molecular flexibility index (Phi) is 2.65. The summed E-state index contributed by atoms with van der Waals surface area (Å²) < 4.78 is 1.60. The molecule has 0 amide bonds. The Morgan fingerprint density at radius 1 is 1.64 bits per heavy atom. The van der Waals surface area contributed by atoms with Crippen molar-refractivity contribution in [1.29, 1.82) is 0 Å². The first-order chi connectivity index (χ1) is 6.68. The van der Waals surface area contributed by atoms with Crippen LogP contribution in [0.15, 0.2) is 6.20 Å². The second-order valence-corrected chi connectivity index (χ2v) is 4.08. The molecular formula is C9H14ClN3O. The molecule has 0 spiro atoms. The molecule has 2 N–H and O–H groups in total. The van der Waals surface area contributed by atoms with Gasteiger partial charge >= 0.3 is 0 Å². The Morgan fingerprint density at radius 2 is 2.43 bits per heavy atom. The van der Waals surface area contributed by atoms with E-state index in [2.05, 4.69) is 10.4 Å². The Morgan fingerprint density at radius 3 is 2.93 bits per heavy atom. The number of aliphatic hydroxyl groups is 1. The number of rotatable bonds is 2. The molecule has 1 aliphatic carbocycles. The molecule has 1 fully saturated rings. The lowest BCUT2D eigenvalue weighted by Gasteiger charge is -2.16. The van der Waals surface area contributed by atoms with Gasteiger partial charge in [0.1, 0.15) is 5.15 Å². The maximum atomic E-state index is 9.62. The lowest BCUT2D eigenvalue weighted by Crippen LogP contribution is -2.27. The summed E-state index contributed by atoms with van der Waals surface area (Å²) in [7, 11) is 1.79. The maximum Gasteiger partial charge on any atom is 0.149 e. The molecule has 0 aliphatic heterocycles. The standard InChI is InChI=1S/C9H14ClN3O/c1-13-9(10)7(5-11-13)12-6-3-2-4-8(6)14/h5-6,8,12,14H,2-4H2,1H3. The number of anilines is 1. The number of aromatic nitrogens is 2. The van der Waals surface area contributed by atoms with Crippen molar-refractivity contribution in [3.05, 3.63) is 11.3 Å². The Bertz CT molecular complexity index is 326. The molecule has 1 aliphatic rings. The predicted molar refractivity (Wildman–Crippen MR) is 55.5 cm³/mol. The highest BCUT2D eigenvalue weighted by molar-refractivity contribution is 6.32. The average Bonchev–Trinajstić information content (AvgIpc) is 2.68. The van der Waals surface area contributed by atoms with Crippen LogP contribution in [0.1, 0.15) is 19.3 Å². The molecule has 2 atom stereocenters. The molecule has 1 aromatic heterocycles. The number of aryl methyl sites for hydroxylation is 1. The van der Waals surface area contributed by atoms with E-state index in [-0.39, 0.29) is 12.1 Å². The van der Waals surface area contributed by atoms with E-state index < -0.39 is 0 Å². The fraction of sp³-hybridized carbons (Fsp3) is 0.667. The Hall–Kier alpha value is -0.740. The molecule has 14 heavy (non-hydrogen) atoms. The zero-order chi connectivity index (χ0) is 10.1. The molecule has 0 bridgehead atoms. The number of hydrogen-bond donors (Lipinski definition) is 2. The molecule has 0 saturated heterocycles. The van der Waals surface area contributed by atoms with Gasteiger partial charge in [0.25, 0.3) is 0 Å². The van der Waals surface area contributed by atoms with E-state index in [9.17, 15) is 5.11 Å². The summed E-state index contributed by atoms with van der Waals surface area (Å²) in [6.45, 7) is 0. The lowest BCUT2D eigenvalue weighted by atomic mass is 10.2. The summed E-state index contributed by atoms with van der Waals surface area (Å²) >= 11 is 5.99. The number of hydrogen-bond acceptors (Lipinski definition) is 3. The second kappa shape index (κ2) is 3.79. The highest BCUT2D eigenvalue weighted by atomic mass is 35.5. The van der Waals surface area contributed by atoms with Crippen molar-refractivity contribution in [2.45, 2.75) is 31.4 Å². The first-order valence-corrected chi connectivity index (χ1v) is 5.18. The molecule has 5 heteroatoms. The van der Waals surface area contributed by atoms with Crippen LogP contribution in [-0.2, 0) is 7.05 Å². The van der Waals surface area contributed by atoms with Gasteiger partial charge in [-0.05, 0) is 19.3 Å². The molecule has 1 aromatic rings. The third-order valence-electron chi connectivity index (χ3n) is 2.69. The molecule has 78 valence electrons. The van der Waals surface area contributed by atoms with Gasteiger partial charge in [0, 0.05) is 7.05 Å². The summed E-state index contributed by atoms with van der Waals surface area (Å²) in [5.41, 5.74) is 0.806. The topological polar surface area (TPSA) is 50.1 Å². The first-order valence-electron chi connectivity index (χ1n) is 4.80. The van der Waals surface area contributed by atoms with Gasteiger partial charge in [-0.15, -0.1) is 0 Å². The first kappa shape index (κ1) is 9.80. The third-order valence-corrected chi connectivity index (χ3v) is 3.14. The monoisotopic (exact) mass is 215 g/mol. The summed E-state index contributed by atoms with van der Waals surface area (Å²) in [6.07, 6.45) is 4.36. The van der Waals surface area contributed by atoms with Gasteiger partial charge in [-0.2, -0.15) is 5.10 Å². The summed E-state index contributed by atoms with van der Waals surface area (Å²) in [5, 5.41) is 17.4. The Labute approximate surface area is 87.9 Å². The molecule has 0 radical (unpaired) electrons. The maximum absolute atomic E-state index is 9.62. The summed E-state index contributed by atoms with van der Waals surface area (Å²) in [6, 6.07) is 0.122. The Balaban J connectivity index is 2.07. The molecule has 1 heterocycles. The van der Waals surface area contributed by atoms with Crippen molar-refractivity contribution < 1.29 is 5.11 Å². The van der Waals surface area contributed by atoms with E-state index >= 15 is 0 Å². The van der Waals surface area contributed by atoms with Crippen LogP contribution in [0.4, 0.5) is 5.69 Å². The van der Waals surface area contributed by atoms with Crippen molar-refractivity contribution in [2.75, 3.05) is 5.32 Å². The van der Waals surface area contributed by atoms with Crippen LogP contribution in [0.2, 0.25) is 5.15 Å². The fourth-order valence-corrected chi connectivity index (χ4v) is 1.97. The van der Waals surface area contributed by atoms with Crippen molar-refractivity contribution in [3.8, 4) is 0 Å². The van der Waals surface area contributed by atoms with Gasteiger partial charge in [-0.25, -0.2) is 0 Å². The number of aliphatic hydroxyl groups excluding tert-OH is 1. The minimum Gasteiger partial charge on any atom is -0.391 e. The van der Waals surface area contributed by atoms with E-state index in [4.69, 9.17) is 11.6 Å². The van der Waals surface area contributed by atoms with Crippen LogP contribution >= 0.6 is 11.6 Å². The van der Waals surface area contributed by atoms with E-state index in [0.29, 0.717) is 5.15 Å². The summed E-state index contributed by atoms with van der Waals surface area (Å²) in [4.78, 5) is 0. The van der Waals surface area contributed by atoms with Crippen molar-refractivity contribution in [2.24, 2.45) is 7.05 Å². The minimum absolute atomic E-state index is 0.122. The quantitative estimate of drug-likeness (QED) is 0.784. The minimum atomic E-state index is -0.258. The van der Waals surface area contributed by atoms with E-state index in [1.165, 1.54) is 0 Å². The second-order valence-electron chi connectivity index (χ2n) is 3.72. The zero-order valence-corrected chi connectivity index (χ0v) is 8.83. The van der Waals surface area contributed by atoms with Gasteiger partial charge in [-0.3, -0.25) is 4.68 Å². The largest absolute Gasteiger partial charge is 0.391 e. The normalized spacial score (nSPS) is 26.8. The van der Waals surface area contributed by atoms with Crippen LogP contribution in [0.5, 0.6) is 0 Å². The average molecular weight is 216 g/mol. The van der Waals surface area contributed by atoms with Crippen molar-refractivity contribution in [1.82, 2.24) is 9.78 Å². The van der Waals surface area contributed by atoms with Crippen molar-refractivity contribution >= 4 is 17.3 Å². The highest BCUT2D eigenvalue weighted by Crippen LogP contribution is 2.26. The van der Waals surface area contributed by atoms with Gasteiger partial charge in [0.15, 0.2) is 0 Å². The highest BCUT2D eigenvalue weighted by Gasteiger charge is 2.25. The SMILES string of the molecule is Cn1ncc(NC2CCCC2O)c1Cl. The zero-order valence-electron chi connectivity index (χ0n) is 8.07. The lowest BCUT2D eigenvalue weighted by molar-refractivity contribution is 0.172. The smallest absolute Gasteiger partial charge is 0.149 e. The van der Waals surface area contributed by atoms with Gasteiger partial charge in [0.05, 0.1) is 24.0 Å². The van der Waals surface area contributed by atoms with Gasteiger partial charge in [0.2, 0.25) is 0 Å². The van der Waals surface area contributed by atoms with Crippen LogP contribution in [-0.4, -0.2) is 27.0 Å². The van der Waals surface area contributed by atoms with E-state index in [1.54, 1.807) is 17.9 Å². The molecule has 1 saturated carbocycles.